The number of hydrogen-bond acceptors (Lipinski definition) is 3. The lowest BCUT2D eigenvalue weighted by atomic mass is 10.1. The van der Waals surface area contributed by atoms with Gasteiger partial charge in [0.1, 0.15) is 12.1 Å². The largest absolute Gasteiger partial charge is 0.309 e. The molecule has 0 atom stereocenters. The van der Waals surface area contributed by atoms with Crippen molar-refractivity contribution in [3.8, 4) is 11.3 Å². The van der Waals surface area contributed by atoms with Crippen molar-refractivity contribution in [2.75, 3.05) is 0 Å². The van der Waals surface area contributed by atoms with Crippen molar-refractivity contribution < 1.29 is 4.39 Å². The van der Waals surface area contributed by atoms with Gasteiger partial charge in [0.15, 0.2) is 0 Å². The zero-order valence-corrected chi connectivity index (χ0v) is 14.3. The zero-order valence-electron chi connectivity index (χ0n) is 13.6. The second kappa shape index (κ2) is 6.73. The van der Waals surface area contributed by atoms with Crippen LogP contribution in [0.4, 0.5) is 4.39 Å². The second-order valence-corrected chi connectivity index (χ2v) is 6.14. The van der Waals surface area contributed by atoms with E-state index in [9.17, 15) is 9.18 Å². The van der Waals surface area contributed by atoms with Crippen LogP contribution >= 0.6 is 11.6 Å². The van der Waals surface area contributed by atoms with E-state index in [0.29, 0.717) is 34.2 Å². The molecule has 0 radical (unpaired) electrons. The van der Waals surface area contributed by atoms with Gasteiger partial charge in [-0.2, -0.15) is 14.6 Å². The minimum atomic E-state index is -0.400. The molecule has 0 aliphatic carbocycles. The maximum atomic E-state index is 13.8. The van der Waals surface area contributed by atoms with Crippen molar-refractivity contribution in [3.63, 3.8) is 0 Å². The monoisotopic (exact) mass is 348 g/mol. The summed E-state index contributed by atoms with van der Waals surface area (Å²) in [6, 6.07) is 4.16. The van der Waals surface area contributed by atoms with Gasteiger partial charge >= 0.3 is 0 Å². The maximum Gasteiger partial charge on any atom is 0.279 e. The summed E-state index contributed by atoms with van der Waals surface area (Å²) in [6.07, 6.45) is 4.38. The first-order chi connectivity index (χ1) is 11.5. The Morgan fingerprint density at radius 2 is 2.08 bits per heavy atom. The first-order valence-electron chi connectivity index (χ1n) is 7.93. The summed E-state index contributed by atoms with van der Waals surface area (Å²) in [4.78, 5) is 16.8. The van der Waals surface area contributed by atoms with Crippen molar-refractivity contribution in [3.05, 3.63) is 51.3 Å². The number of rotatable bonds is 5. The summed E-state index contributed by atoms with van der Waals surface area (Å²) < 4.78 is 17.0. The van der Waals surface area contributed by atoms with Crippen LogP contribution in [-0.4, -0.2) is 19.2 Å². The first-order valence-corrected chi connectivity index (χ1v) is 8.31. The smallest absolute Gasteiger partial charge is 0.279 e. The van der Waals surface area contributed by atoms with Crippen molar-refractivity contribution in [1.82, 2.24) is 19.2 Å². The fraction of sp³-hybridized carbons (Fsp3) is 0.353. The molecule has 5 nitrogen and oxygen atoms in total. The molecule has 24 heavy (non-hydrogen) atoms. The van der Waals surface area contributed by atoms with E-state index in [0.717, 1.165) is 19.3 Å². The van der Waals surface area contributed by atoms with Crippen LogP contribution < -0.4 is 5.56 Å². The van der Waals surface area contributed by atoms with Gasteiger partial charge in [0, 0.05) is 17.7 Å². The Bertz CT molecular complexity index is 948. The van der Waals surface area contributed by atoms with E-state index in [1.165, 1.54) is 29.0 Å². The summed E-state index contributed by atoms with van der Waals surface area (Å²) in [7, 11) is 0. The molecule has 2 aromatic heterocycles. The average Bonchev–Trinajstić information content (AvgIpc) is 3.05. The Labute approximate surface area is 143 Å². The molecule has 7 heteroatoms. The normalized spacial score (nSPS) is 11.3. The molecule has 0 spiro atoms. The highest BCUT2D eigenvalue weighted by molar-refractivity contribution is 6.33. The third kappa shape index (κ3) is 2.82. The number of nitrogens with zero attached hydrogens (tertiary/aromatic N) is 4. The van der Waals surface area contributed by atoms with Crippen LogP contribution in [0.2, 0.25) is 5.02 Å². The highest BCUT2D eigenvalue weighted by Crippen LogP contribution is 2.31. The molecule has 1 aromatic carbocycles. The predicted molar refractivity (Wildman–Crippen MR) is 91.9 cm³/mol. The molecule has 0 amide bonds. The van der Waals surface area contributed by atoms with E-state index in [-0.39, 0.29) is 5.56 Å². The van der Waals surface area contributed by atoms with E-state index < -0.39 is 5.82 Å². The van der Waals surface area contributed by atoms with Crippen molar-refractivity contribution in [2.45, 2.75) is 39.7 Å². The molecule has 0 aliphatic heterocycles. The molecule has 3 rings (SSSR count). The summed E-state index contributed by atoms with van der Waals surface area (Å²) in [5.41, 5.74) is 1.29. The number of unbranched alkanes of at least 4 members (excludes halogenated alkanes) is 2. The standard InChI is InChI=1S/C17H18ClFN4O/c1-3-4-5-8-22-15(13-9-12(19)6-7-14(13)18)11(2)16(24)23-17(22)20-10-21-23/h6-7,9-10H,3-5,8H2,1-2H3. The van der Waals surface area contributed by atoms with Crippen LogP contribution in [0, 0.1) is 12.7 Å². The first kappa shape index (κ1) is 16.6. The van der Waals surface area contributed by atoms with Gasteiger partial charge in [-0.3, -0.25) is 4.79 Å². The Hall–Kier alpha value is -2.21. The summed E-state index contributed by atoms with van der Waals surface area (Å²) >= 11 is 6.29. The lowest BCUT2D eigenvalue weighted by Gasteiger charge is -2.18. The predicted octanol–water partition coefficient (Wildman–Crippen LogP) is 3.85. The van der Waals surface area contributed by atoms with Gasteiger partial charge in [-0.25, -0.2) is 4.39 Å². The molecule has 3 aromatic rings. The van der Waals surface area contributed by atoms with Crippen LogP contribution in [0.5, 0.6) is 0 Å². The highest BCUT2D eigenvalue weighted by atomic mass is 35.5. The summed E-state index contributed by atoms with van der Waals surface area (Å²) in [6.45, 7) is 4.48. The molecule has 0 bridgehead atoms. The fourth-order valence-electron chi connectivity index (χ4n) is 2.88. The fourth-order valence-corrected chi connectivity index (χ4v) is 3.09. The van der Waals surface area contributed by atoms with Gasteiger partial charge in [-0.1, -0.05) is 31.4 Å². The number of aryl methyl sites for hydroxylation is 1. The van der Waals surface area contributed by atoms with Crippen molar-refractivity contribution in [1.29, 1.82) is 0 Å². The molecule has 2 heterocycles. The molecule has 126 valence electrons. The van der Waals surface area contributed by atoms with E-state index in [1.54, 1.807) is 6.92 Å². The lowest BCUT2D eigenvalue weighted by molar-refractivity contribution is 0.599. The van der Waals surface area contributed by atoms with Gasteiger partial charge in [-0.15, -0.1) is 0 Å². The number of aromatic nitrogens is 4. The van der Waals surface area contributed by atoms with E-state index in [2.05, 4.69) is 17.0 Å². The Morgan fingerprint density at radius 1 is 1.29 bits per heavy atom. The maximum absolute atomic E-state index is 13.8. The molecule has 0 N–H and O–H groups in total. The quantitative estimate of drug-likeness (QED) is 0.658. The van der Waals surface area contributed by atoms with E-state index >= 15 is 0 Å². The second-order valence-electron chi connectivity index (χ2n) is 5.73. The molecular weight excluding hydrogens is 331 g/mol. The Balaban J connectivity index is 2.32. The third-order valence-corrected chi connectivity index (χ3v) is 4.41. The molecule has 0 fully saturated rings. The van der Waals surface area contributed by atoms with Crippen LogP contribution in [0.3, 0.4) is 0 Å². The molecule has 0 unspecified atom stereocenters. The zero-order chi connectivity index (χ0) is 17.3. The highest BCUT2D eigenvalue weighted by Gasteiger charge is 2.19. The van der Waals surface area contributed by atoms with Gasteiger partial charge in [0.2, 0.25) is 5.78 Å². The Kier molecular flexibility index (Phi) is 4.66. The third-order valence-electron chi connectivity index (χ3n) is 4.08. The van der Waals surface area contributed by atoms with Crippen LogP contribution in [0.25, 0.3) is 17.0 Å². The number of fused-ring (bicyclic) bond motifs is 1. The van der Waals surface area contributed by atoms with Gasteiger partial charge < -0.3 is 4.57 Å². The average molecular weight is 349 g/mol. The molecule has 0 saturated heterocycles. The Morgan fingerprint density at radius 3 is 2.83 bits per heavy atom. The van der Waals surface area contributed by atoms with Gasteiger partial charge in [0.25, 0.3) is 5.56 Å². The van der Waals surface area contributed by atoms with Crippen LogP contribution in [0.15, 0.2) is 29.3 Å². The summed E-state index contributed by atoms with van der Waals surface area (Å²) in [5.74, 6) is 0.0414. The minimum absolute atomic E-state index is 0.274. The van der Waals surface area contributed by atoms with Gasteiger partial charge in [-0.05, 0) is 31.5 Å². The van der Waals surface area contributed by atoms with Crippen molar-refractivity contribution >= 4 is 17.4 Å². The molecular formula is C17H18ClFN4O. The lowest BCUT2D eigenvalue weighted by Crippen LogP contribution is -2.24. The summed E-state index contributed by atoms with van der Waals surface area (Å²) in [5, 5.41) is 4.40. The van der Waals surface area contributed by atoms with Gasteiger partial charge in [0.05, 0.1) is 10.7 Å². The minimum Gasteiger partial charge on any atom is -0.309 e. The number of halogens is 2. The molecule has 0 aliphatic rings. The van der Waals surface area contributed by atoms with Crippen LogP contribution in [-0.2, 0) is 6.54 Å². The SMILES string of the molecule is CCCCCn1c(-c2cc(F)ccc2Cl)c(C)c(=O)n2ncnc12. The van der Waals surface area contributed by atoms with E-state index in [1.807, 2.05) is 4.57 Å². The van der Waals surface area contributed by atoms with Crippen LogP contribution in [0.1, 0.15) is 31.7 Å². The van der Waals surface area contributed by atoms with Crippen molar-refractivity contribution in [2.24, 2.45) is 0 Å². The number of benzene rings is 1. The number of hydrogen-bond donors (Lipinski definition) is 0. The molecule has 0 saturated carbocycles. The topological polar surface area (TPSA) is 52.2 Å². The van der Waals surface area contributed by atoms with E-state index in [4.69, 9.17) is 11.6 Å².